The van der Waals surface area contributed by atoms with E-state index in [1.165, 1.54) is 44.9 Å². The SMILES string of the molecule is COC(=O)CNC(=O)N1CCCC2=C[C@@H]3C[C@H](CN4CCCC[C@H]34)[C@@H]21. The van der Waals surface area contributed by atoms with Gasteiger partial charge >= 0.3 is 12.0 Å². The first kappa shape index (κ1) is 16.9. The second-order valence-electron chi connectivity index (χ2n) is 7.94. The minimum Gasteiger partial charge on any atom is -0.468 e. The fourth-order valence-corrected chi connectivity index (χ4v) is 5.52. The van der Waals surface area contributed by atoms with Crippen molar-refractivity contribution in [3.8, 4) is 0 Å². The minimum absolute atomic E-state index is 0.0565. The predicted octanol–water partition coefficient (Wildman–Crippen LogP) is 1.76. The first-order valence-corrected chi connectivity index (χ1v) is 9.73. The number of piperidine rings is 3. The van der Waals surface area contributed by atoms with Crippen molar-refractivity contribution in [1.29, 1.82) is 0 Å². The van der Waals surface area contributed by atoms with Gasteiger partial charge in [-0.25, -0.2) is 4.79 Å². The highest BCUT2D eigenvalue weighted by Crippen LogP contribution is 2.44. The molecule has 3 heterocycles. The van der Waals surface area contributed by atoms with Gasteiger partial charge in [-0.15, -0.1) is 0 Å². The van der Waals surface area contributed by atoms with Crippen LogP contribution in [0.5, 0.6) is 0 Å². The van der Waals surface area contributed by atoms with Crippen LogP contribution in [0, 0.1) is 11.8 Å². The van der Waals surface area contributed by atoms with E-state index in [1.54, 1.807) is 0 Å². The Morgan fingerprint density at radius 1 is 1.28 bits per heavy atom. The predicted molar refractivity (Wildman–Crippen MR) is 94.0 cm³/mol. The third-order valence-corrected chi connectivity index (χ3v) is 6.53. The van der Waals surface area contributed by atoms with E-state index in [1.807, 2.05) is 4.90 Å². The maximum Gasteiger partial charge on any atom is 0.325 e. The van der Waals surface area contributed by atoms with Crippen molar-refractivity contribution in [1.82, 2.24) is 15.1 Å². The van der Waals surface area contributed by atoms with Gasteiger partial charge in [0.05, 0.1) is 13.2 Å². The molecule has 1 aliphatic carbocycles. The van der Waals surface area contributed by atoms with Gasteiger partial charge in [0.15, 0.2) is 0 Å². The zero-order valence-electron chi connectivity index (χ0n) is 15.1. The van der Waals surface area contributed by atoms with Crippen LogP contribution >= 0.6 is 0 Å². The van der Waals surface area contributed by atoms with Gasteiger partial charge in [0.2, 0.25) is 0 Å². The molecule has 0 aromatic rings. The number of carbonyl (C=O) groups excluding carboxylic acids is 2. The molecular formula is C19H29N3O3. The van der Waals surface area contributed by atoms with E-state index in [4.69, 9.17) is 0 Å². The first-order chi connectivity index (χ1) is 12.2. The summed E-state index contributed by atoms with van der Waals surface area (Å²) in [6.07, 6.45) is 9.83. The van der Waals surface area contributed by atoms with Crippen molar-refractivity contribution in [2.45, 2.75) is 50.6 Å². The Kier molecular flexibility index (Phi) is 4.71. The topological polar surface area (TPSA) is 61.9 Å². The van der Waals surface area contributed by atoms with Crippen molar-refractivity contribution in [3.05, 3.63) is 11.6 Å². The van der Waals surface area contributed by atoms with Crippen molar-refractivity contribution >= 4 is 12.0 Å². The highest BCUT2D eigenvalue weighted by atomic mass is 16.5. The molecule has 6 nitrogen and oxygen atoms in total. The van der Waals surface area contributed by atoms with E-state index >= 15 is 0 Å². The largest absolute Gasteiger partial charge is 0.468 e. The monoisotopic (exact) mass is 347 g/mol. The number of hydrogen-bond acceptors (Lipinski definition) is 4. The van der Waals surface area contributed by atoms with Crippen LogP contribution in [0.2, 0.25) is 0 Å². The Balaban J connectivity index is 1.51. The minimum atomic E-state index is -0.404. The summed E-state index contributed by atoms with van der Waals surface area (Å²) in [4.78, 5) is 28.7. The molecule has 4 aliphatic rings. The summed E-state index contributed by atoms with van der Waals surface area (Å²) >= 11 is 0. The lowest BCUT2D eigenvalue weighted by molar-refractivity contribution is -0.139. The number of fused-ring (bicyclic) bond motifs is 6. The van der Waals surface area contributed by atoms with E-state index in [0.29, 0.717) is 11.8 Å². The molecule has 4 rings (SSSR count). The Morgan fingerprint density at radius 2 is 2.16 bits per heavy atom. The van der Waals surface area contributed by atoms with E-state index in [-0.39, 0.29) is 18.6 Å². The number of nitrogens with one attached hydrogen (secondary N) is 1. The fourth-order valence-electron chi connectivity index (χ4n) is 5.52. The Bertz CT molecular complexity index is 576. The van der Waals surface area contributed by atoms with E-state index in [2.05, 4.69) is 21.0 Å². The van der Waals surface area contributed by atoms with Gasteiger partial charge in [0.1, 0.15) is 6.54 Å². The maximum absolute atomic E-state index is 12.7. The number of carbonyl (C=O) groups is 2. The molecule has 2 bridgehead atoms. The number of urea groups is 1. The van der Waals surface area contributed by atoms with Gasteiger partial charge < -0.3 is 15.0 Å². The average Bonchev–Trinajstić information content (AvgIpc) is 2.65. The average molecular weight is 347 g/mol. The molecular weight excluding hydrogens is 318 g/mol. The number of hydrogen-bond donors (Lipinski definition) is 1. The van der Waals surface area contributed by atoms with Crippen LogP contribution in [0.3, 0.4) is 0 Å². The fraction of sp³-hybridized carbons (Fsp3) is 0.789. The molecule has 6 heteroatoms. The van der Waals surface area contributed by atoms with Gasteiger partial charge in [0, 0.05) is 19.1 Å². The Hall–Kier alpha value is -1.56. The third-order valence-electron chi connectivity index (χ3n) is 6.53. The Morgan fingerprint density at radius 3 is 3.00 bits per heavy atom. The highest BCUT2D eigenvalue weighted by molar-refractivity contribution is 5.81. The van der Waals surface area contributed by atoms with Crippen LogP contribution < -0.4 is 5.32 Å². The maximum atomic E-state index is 12.7. The summed E-state index contributed by atoms with van der Waals surface area (Å²) in [7, 11) is 1.34. The van der Waals surface area contributed by atoms with Crippen molar-refractivity contribution in [2.75, 3.05) is 33.3 Å². The van der Waals surface area contributed by atoms with E-state index in [9.17, 15) is 9.59 Å². The second kappa shape index (κ2) is 6.98. The van der Waals surface area contributed by atoms with Gasteiger partial charge in [-0.2, -0.15) is 0 Å². The lowest BCUT2D eigenvalue weighted by atomic mass is 9.68. The van der Waals surface area contributed by atoms with Gasteiger partial charge in [-0.1, -0.05) is 18.1 Å². The molecule has 25 heavy (non-hydrogen) atoms. The number of nitrogens with zero attached hydrogens (tertiary/aromatic N) is 2. The molecule has 0 radical (unpaired) electrons. The van der Waals surface area contributed by atoms with Crippen LogP contribution in [0.1, 0.15) is 38.5 Å². The van der Waals surface area contributed by atoms with Gasteiger partial charge in [0.25, 0.3) is 0 Å². The van der Waals surface area contributed by atoms with Crippen LogP contribution in [0.4, 0.5) is 4.79 Å². The van der Waals surface area contributed by atoms with Crippen LogP contribution in [0.25, 0.3) is 0 Å². The first-order valence-electron chi connectivity index (χ1n) is 9.73. The summed E-state index contributed by atoms with van der Waals surface area (Å²) in [5.74, 6) is 0.797. The molecule has 4 atom stereocenters. The molecule has 3 aliphatic heterocycles. The lowest BCUT2D eigenvalue weighted by Gasteiger charge is -2.54. The zero-order chi connectivity index (χ0) is 17.4. The summed E-state index contributed by atoms with van der Waals surface area (Å²) in [6.45, 7) is 3.05. The van der Waals surface area contributed by atoms with Crippen LogP contribution in [0.15, 0.2) is 11.6 Å². The van der Waals surface area contributed by atoms with E-state index < -0.39 is 5.97 Å². The number of likely N-dealkylation sites (tertiary alicyclic amines) is 1. The van der Waals surface area contributed by atoms with Crippen molar-refractivity contribution in [2.24, 2.45) is 11.8 Å². The molecule has 2 amide bonds. The molecule has 0 spiro atoms. The highest BCUT2D eigenvalue weighted by Gasteiger charge is 2.46. The zero-order valence-corrected chi connectivity index (χ0v) is 15.1. The Labute approximate surface area is 149 Å². The molecule has 1 N–H and O–H groups in total. The summed E-state index contributed by atoms with van der Waals surface area (Å²) in [5.41, 5.74) is 1.46. The molecule has 0 aromatic heterocycles. The van der Waals surface area contributed by atoms with E-state index in [0.717, 1.165) is 32.0 Å². The molecule has 0 unspecified atom stereocenters. The summed E-state index contributed by atoms with van der Waals surface area (Å²) in [5, 5.41) is 2.74. The lowest BCUT2D eigenvalue weighted by Crippen LogP contribution is -2.61. The second-order valence-corrected chi connectivity index (χ2v) is 7.94. The quantitative estimate of drug-likeness (QED) is 0.611. The van der Waals surface area contributed by atoms with Crippen LogP contribution in [-0.2, 0) is 9.53 Å². The number of esters is 1. The molecule has 3 saturated heterocycles. The normalized spacial score (nSPS) is 34.4. The molecule has 138 valence electrons. The van der Waals surface area contributed by atoms with Crippen LogP contribution in [-0.4, -0.2) is 67.2 Å². The number of methoxy groups -OCH3 is 1. The number of ether oxygens (including phenoxy) is 1. The summed E-state index contributed by atoms with van der Waals surface area (Å²) in [6, 6.07) is 0.813. The van der Waals surface area contributed by atoms with Crippen molar-refractivity contribution in [3.63, 3.8) is 0 Å². The molecule has 3 fully saturated rings. The number of amides is 2. The molecule has 0 aromatic carbocycles. The smallest absolute Gasteiger partial charge is 0.325 e. The van der Waals surface area contributed by atoms with Gasteiger partial charge in [-0.05, 0) is 50.5 Å². The molecule has 0 saturated carbocycles. The van der Waals surface area contributed by atoms with Gasteiger partial charge in [-0.3, -0.25) is 9.69 Å². The standard InChI is InChI=1S/C19H29N3O3/c1-25-17(23)11-20-19(24)22-8-4-5-13-9-14-10-15(18(13)22)12-21-7-3-2-6-16(14)21/h9,14-16,18H,2-8,10-12H2,1H3,(H,20,24)/t14-,15-,16-,18-/m1/s1. The third kappa shape index (κ3) is 3.16. The number of rotatable bonds is 2. The van der Waals surface area contributed by atoms with Crippen molar-refractivity contribution < 1.29 is 14.3 Å². The summed E-state index contributed by atoms with van der Waals surface area (Å²) < 4.78 is 4.63.